The highest BCUT2D eigenvalue weighted by Gasteiger charge is 2.13. The summed E-state index contributed by atoms with van der Waals surface area (Å²) in [5, 5.41) is 20.1. The van der Waals surface area contributed by atoms with E-state index in [1.165, 1.54) is 0 Å². The molecule has 2 unspecified atom stereocenters. The molecule has 0 aliphatic rings. The number of hydrogen-bond donors (Lipinski definition) is 2. The van der Waals surface area contributed by atoms with Gasteiger partial charge in [-0.2, -0.15) is 0 Å². The molecule has 2 atom stereocenters. The summed E-state index contributed by atoms with van der Waals surface area (Å²) in [6.45, 7) is 7.95. The average Bonchev–Trinajstić information content (AvgIpc) is 2.54. The van der Waals surface area contributed by atoms with Gasteiger partial charge < -0.3 is 14.9 Å². The van der Waals surface area contributed by atoms with Gasteiger partial charge >= 0.3 is 0 Å². The van der Waals surface area contributed by atoms with E-state index in [4.69, 9.17) is 4.74 Å². The van der Waals surface area contributed by atoms with Crippen molar-refractivity contribution in [2.75, 3.05) is 0 Å². The summed E-state index contributed by atoms with van der Waals surface area (Å²) in [5.41, 5.74) is 1.78. The van der Waals surface area contributed by atoms with Crippen LogP contribution in [0.2, 0.25) is 0 Å². The van der Waals surface area contributed by atoms with Crippen LogP contribution in [0.5, 0.6) is 11.5 Å². The van der Waals surface area contributed by atoms with E-state index in [-0.39, 0.29) is 11.8 Å². The van der Waals surface area contributed by atoms with E-state index in [9.17, 15) is 10.2 Å². The fourth-order valence-corrected chi connectivity index (χ4v) is 2.37. The predicted octanol–water partition coefficient (Wildman–Crippen LogP) is 4.86. The van der Waals surface area contributed by atoms with Crippen LogP contribution in [-0.2, 0) is 0 Å². The van der Waals surface area contributed by atoms with Gasteiger partial charge in [0.25, 0.3) is 0 Å². The smallest absolute Gasteiger partial charge is 0.127 e. The minimum absolute atomic E-state index is 0.182. The normalized spacial score (nSPS) is 14.1. The zero-order valence-corrected chi connectivity index (χ0v) is 14.2. The third-order valence-electron chi connectivity index (χ3n) is 3.94. The highest BCUT2D eigenvalue weighted by atomic mass is 16.5. The van der Waals surface area contributed by atoms with Gasteiger partial charge in [0.15, 0.2) is 0 Å². The maximum atomic E-state index is 10.0. The Balaban J connectivity index is 2.05. The van der Waals surface area contributed by atoms with Crippen molar-refractivity contribution in [1.29, 1.82) is 0 Å². The molecule has 0 saturated heterocycles. The molecule has 0 heterocycles. The van der Waals surface area contributed by atoms with Gasteiger partial charge in [0.05, 0.1) is 12.2 Å². The van der Waals surface area contributed by atoms with Crippen molar-refractivity contribution in [2.45, 2.75) is 39.9 Å². The topological polar surface area (TPSA) is 49.7 Å². The minimum Gasteiger partial charge on any atom is -0.457 e. The molecule has 0 bridgehead atoms. The molecule has 3 nitrogen and oxygen atoms in total. The largest absolute Gasteiger partial charge is 0.457 e. The van der Waals surface area contributed by atoms with Gasteiger partial charge in [-0.25, -0.2) is 0 Å². The lowest BCUT2D eigenvalue weighted by molar-refractivity contribution is 0.127. The van der Waals surface area contributed by atoms with Crippen LogP contribution >= 0.6 is 0 Å². The molecular formula is C20H26O3. The first-order chi connectivity index (χ1) is 10.9. The summed E-state index contributed by atoms with van der Waals surface area (Å²) >= 11 is 0. The highest BCUT2D eigenvalue weighted by Crippen LogP contribution is 2.28. The molecule has 0 aliphatic heterocycles. The summed E-state index contributed by atoms with van der Waals surface area (Å²) in [6.07, 6.45) is -0.915. The van der Waals surface area contributed by atoms with Crippen LogP contribution in [0.4, 0.5) is 0 Å². The van der Waals surface area contributed by atoms with E-state index in [1.54, 1.807) is 0 Å². The van der Waals surface area contributed by atoms with Gasteiger partial charge in [0, 0.05) is 0 Å². The van der Waals surface area contributed by atoms with Crippen LogP contribution in [0.1, 0.15) is 51.0 Å². The first-order valence-electron chi connectivity index (χ1n) is 8.12. The first kappa shape index (κ1) is 17.5. The molecule has 0 aliphatic carbocycles. The molecule has 23 heavy (non-hydrogen) atoms. The Hall–Kier alpha value is -1.84. The predicted molar refractivity (Wildman–Crippen MR) is 92.6 cm³/mol. The number of aliphatic hydroxyl groups excluding tert-OH is 2. The Morgan fingerprint density at radius 3 is 1.17 bits per heavy atom. The van der Waals surface area contributed by atoms with Crippen LogP contribution in [0, 0.1) is 11.8 Å². The lowest BCUT2D eigenvalue weighted by Crippen LogP contribution is -2.05. The number of benzene rings is 2. The number of aliphatic hydroxyl groups is 2. The average molecular weight is 314 g/mol. The Labute approximate surface area is 138 Å². The van der Waals surface area contributed by atoms with Gasteiger partial charge in [-0.3, -0.25) is 0 Å². The summed E-state index contributed by atoms with van der Waals surface area (Å²) in [6, 6.07) is 15.0. The van der Waals surface area contributed by atoms with Crippen molar-refractivity contribution >= 4 is 0 Å². The Kier molecular flexibility index (Phi) is 5.80. The van der Waals surface area contributed by atoms with E-state index in [2.05, 4.69) is 0 Å². The van der Waals surface area contributed by atoms with Crippen LogP contribution in [0.3, 0.4) is 0 Å². The van der Waals surface area contributed by atoms with E-state index < -0.39 is 12.2 Å². The molecule has 2 aromatic carbocycles. The number of rotatable bonds is 6. The van der Waals surface area contributed by atoms with Gasteiger partial charge in [-0.1, -0.05) is 52.0 Å². The van der Waals surface area contributed by atoms with Gasteiger partial charge in [0.2, 0.25) is 0 Å². The standard InChI is InChI=1S/C20H26O3/c1-13(2)19(21)15-5-9-17(10-6-15)23-18-11-7-16(8-12-18)20(22)14(3)4/h5-14,19-22H,1-4H3. The lowest BCUT2D eigenvalue weighted by atomic mass is 9.99. The molecule has 0 amide bonds. The molecule has 0 saturated carbocycles. The maximum Gasteiger partial charge on any atom is 0.127 e. The minimum atomic E-state index is -0.458. The Morgan fingerprint density at radius 1 is 0.609 bits per heavy atom. The monoisotopic (exact) mass is 314 g/mol. The van der Waals surface area contributed by atoms with E-state index in [0.29, 0.717) is 0 Å². The fourth-order valence-electron chi connectivity index (χ4n) is 2.37. The van der Waals surface area contributed by atoms with Crippen LogP contribution in [0.15, 0.2) is 48.5 Å². The van der Waals surface area contributed by atoms with Crippen molar-refractivity contribution in [3.8, 4) is 11.5 Å². The SMILES string of the molecule is CC(C)C(O)c1ccc(Oc2ccc(C(O)C(C)C)cc2)cc1. The third-order valence-corrected chi connectivity index (χ3v) is 3.94. The maximum absolute atomic E-state index is 10.0. The Morgan fingerprint density at radius 2 is 0.913 bits per heavy atom. The number of hydrogen-bond acceptors (Lipinski definition) is 3. The first-order valence-corrected chi connectivity index (χ1v) is 8.12. The molecule has 2 rings (SSSR count). The second-order valence-corrected chi connectivity index (χ2v) is 6.62. The number of ether oxygens (including phenoxy) is 1. The van der Waals surface area contributed by atoms with Crippen LogP contribution < -0.4 is 4.74 Å². The van der Waals surface area contributed by atoms with Crippen molar-refractivity contribution < 1.29 is 14.9 Å². The van der Waals surface area contributed by atoms with Crippen molar-refractivity contribution in [1.82, 2.24) is 0 Å². The summed E-state index contributed by atoms with van der Waals surface area (Å²) in [5.74, 6) is 1.81. The summed E-state index contributed by atoms with van der Waals surface area (Å²) in [4.78, 5) is 0. The molecule has 124 valence electrons. The molecule has 2 N–H and O–H groups in total. The van der Waals surface area contributed by atoms with Crippen LogP contribution in [-0.4, -0.2) is 10.2 Å². The zero-order chi connectivity index (χ0) is 17.0. The van der Waals surface area contributed by atoms with Gasteiger partial charge in [-0.05, 0) is 47.2 Å². The summed E-state index contributed by atoms with van der Waals surface area (Å²) < 4.78 is 5.81. The van der Waals surface area contributed by atoms with Gasteiger partial charge in [0.1, 0.15) is 11.5 Å². The molecule has 0 spiro atoms. The quantitative estimate of drug-likeness (QED) is 0.800. The molecule has 2 aromatic rings. The second kappa shape index (κ2) is 7.62. The molecular weight excluding hydrogens is 288 g/mol. The second-order valence-electron chi connectivity index (χ2n) is 6.62. The highest BCUT2D eigenvalue weighted by molar-refractivity contribution is 5.35. The van der Waals surface area contributed by atoms with E-state index in [0.717, 1.165) is 22.6 Å². The van der Waals surface area contributed by atoms with Gasteiger partial charge in [-0.15, -0.1) is 0 Å². The molecule has 0 fully saturated rings. The molecule has 0 aromatic heterocycles. The molecule has 3 heteroatoms. The van der Waals surface area contributed by atoms with E-state index >= 15 is 0 Å². The third kappa shape index (κ3) is 4.57. The zero-order valence-electron chi connectivity index (χ0n) is 14.2. The molecule has 0 radical (unpaired) electrons. The van der Waals surface area contributed by atoms with Crippen LogP contribution in [0.25, 0.3) is 0 Å². The fraction of sp³-hybridized carbons (Fsp3) is 0.400. The van der Waals surface area contributed by atoms with Crippen molar-refractivity contribution in [2.24, 2.45) is 11.8 Å². The Bertz CT molecular complexity index is 544. The van der Waals surface area contributed by atoms with Crippen molar-refractivity contribution in [3.63, 3.8) is 0 Å². The van der Waals surface area contributed by atoms with Crippen molar-refractivity contribution in [3.05, 3.63) is 59.7 Å². The van der Waals surface area contributed by atoms with E-state index in [1.807, 2.05) is 76.2 Å². The lowest BCUT2D eigenvalue weighted by Gasteiger charge is -2.16. The summed E-state index contributed by atoms with van der Waals surface area (Å²) in [7, 11) is 0.